The van der Waals surface area contributed by atoms with Gasteiger partial charge in [-0.3, -0.25) is 4.79 Å². The molecule has 1 heterocycles. The van der Waals surface area contributed by atoms with Crippen LogP contribution in [0.15, 0.2) is 24.3 Å². The minimum atomic E-state index is -4.45. The maximum atomic E-state index is 12.6. The van der Waals surface area contributed by atoms with Gasteiger partial charge in [-0.25, -0.2) is 0 Å². The molecule has 1 N–H and O–H groups in total. The highest BCUT2D eigenvalue weighted by Crippen LogP contribution is 2.29. The van der Waals surface area contributed by atoms with E-state index in [1.165, 1.54) is 12.1 Å². The Bertz CT molecular complexity index is 482. The highest BCUT2D eigenvalue weighted by molar-refractivity contribution is 5.94. The van der Waals surface area contributed by atoms with Crippen LogP contribution >= 0.6 is 0 Å². The second-order valence-electron chi connectivity index (χ2n) is 4.89. The van der Waals surface area contributed by atoms with Crippen molar-refractivity contribution in [1.82, 2.24) is 5.32 Å². The molecule has 3 nitrogen and oxygen atoms in total. The van der Waals surface area contributed by atoms with Crippen LogP contribution in [0.3, 0.4) is 0 Å². The van der Waals surface area contributed by atoms with Crippen LogP contribution < -0.4 is 5.32 Å². The van der Waals surface area contributed by atoms with Gasteiger partial charge in [-0.15, -0.1) is 0 Å². The smallest absolute Gasteiger partial charge is 0.376 e. The fourth-order valence-electron chi connectivity index (χ4n) is 2.22. The number of hydrogen-bond donors (Lipinski definition) is 1. The van der Waals surface area contributed by atoms with Crippen LogP contribution in [0.1, 0.15) is 35.7 Å². The number of alkyl halides is 3. The minimum absolute atomic E-state index is 0.00433. The van der Waals surface area contributed by atoms with E-state index < -0.39 is 17.6 Å². The van der Waals surface area contributed by atoms with Gasteiger partial charge in [0.05, 0.1) is 17.7 Å². The van der Waals surface area contributed by atoms with Crippen molar-refractivity contribution in [1.29, 1.82) is 0 Å². The standard InChI is InChI=1S/C14H16F3NO2/c1-9(12-6-3-7-20-12)18-13(19)10-4-2-5-11(8-10)14(15,16)17/h2,4-5,8-9,12H,3,6-7H2,1H3,(H,18,19)/t9-,12+/m0/s1. The van der Waals surface area contributed by atoms with Crippen LogP contribution in [0.25, 0.3) is 0 Å². The van der Waals surface area contributed by atoms with Crippen molar-refractivity contribution >= 4 is 5.91 Å². The molecule has 0 bridgehead atoms. The van der Waals surface area contributed by atoms with E-state index >= 15 is 0 Å². The zero-order chi connectivity index (χ0) is 14.8. The topological polar surface area (TPSA) is 38.3 Å². The lowest BCUT2D eigenvalue weighted by Crippen LogP contribution is -2.40. The van der Waals surface area contributed by atoms with Crippen molar-refractivity contribution in [3.63, 3.8) is 0 Å². The van der Waals surface area contributed by atoms with E-state index in [2.05, 4.69) is 5.32 Å². The normalized spacial score (nSPS) is 20.7. The maximum absolute atomic E-state index is 12.6. The Balaban J connectivity index is 2.05. The Morgan fingerprint density at radius 3 is 2.80 bits per heavy atom. The molecule has 0 spiro atoms. The second kappa shape index (κ2) is 5.83. The van der Waals surface area contributed by atoms with Crippen LogP contribution in [0.4, 0.5) is 13.2 Å². The molecule has 1 saturated heterocycles. The molecule has 1 amide bonds. The summed E-state index contributed by atoms with van der Waals surface area (Å²) in [6.07, 6.45) is -2.72. The highest BCUT2D eigenvalue weighted by Gasteiger charge is 2.31. The Morgan fingerprint density at radius 2 is 2.20 bits per heavy atom. The van der Waals surface area contributed by atoms with E-state index in [1.54, 1.807) is 6.92 Å². The Morgan fingerprint density at radius 1 is 1.45 bits per heavy atom. The van der Waals surface area contributed by atoms with Crippen LogP contribution in [0.2, 0.25) is 0 Å². The first-order valence-electron chi connectivity index (χ1n) is 6.47. The molecule has 1 aliphatic rings. The molecule has 110 valence electrons. The molecule has 20 heavy (non-hydrogen) atoms. The van der Waals surface area contributed by atoms with Crippen LogP contribution in [-0.4, -0.2) is 24.7 Å². The third kappa shape index (κ3) is 3.50. The average molecular weight is 287 g/mol. The molecular weight excluding hydrogens is 271 g/mol. The predicted molar refractivity (Wildman–Crippen MR) is 67.3 cm³/mol. The molecule has 0 radical (unpaired) electrons. The molecule has 0 aliphatic carbocycles. The van der Waals surface area contributed by atoms with Gasteiger partial charge in [-0.05, 0) is 38.0 Å². The van der Waals surface area contributed by atoms with E-state index in [1.807, 2.05) is 0 Å². The van der Waals surface area contributed by atoms with E-state index in [0.717, 1.165) is 25.0 Å². The fourth-order valence-corrected chi connectivity index (χ4v) is 2.22. The van der Waals surface area contributed by atoms with Crippen LogP contribution in [0, 0.1) is 0 Å². The van der Waals surface area contributed by atoms with Crippen molar-refractivity contribution in [2.24, 2.45) is 0 Å². The van der Waals surface area contributed by atoms with Crippen molar-refractivity contribution in [3.8, 4) is 0 Å². The average Bonchev–Trinajstić information content (AvgIpc) is 2.91. The summed E-state index contributed by atoms with van der Waals surface area (Å²) in [5.41, 5.74) is -0.820. The van der Waals surface area contributed by atoms with Gasteiger partial charge in [-0.2, -0.15) is 13.2 Å². The molecule has 6 heteroatoms. The van der Waals surface area contributed by atoms with Gasteiger partial charge < -0.3 is 10.1 Å². The summed E-state index contributed by atoms with van der Waals surface area (Å²) in [6.45, 7) is 2.45. The highest BCUT2D eigenvalue weighted by atomic mass is 19.4. The quantitative estimate of drug-likeness (QED) is 0.928. The molecule has 1 aliphatic heterocycles. The zero-order valence-corrected chi connectivity index (χ0v) is 11.0. The van der Waals surface area contributed by atoms with Crippen LogP contribution in [-0.2, 0) is 10.9 Å². The largest absolute Gasteiger partial charge is 0.416 e. The molecule has 1 aromatic carbocycles. The van der Waals surface area contributed by atoms with Crippen molar-refractivity contribution in [3.05, 3.63) is 35.4 Å². The van der Waals surface area contributed by atoms with Gasteiger partial charge in [0.25, 0.3) is 5.91 Å². The maximum Gasteiger partial charge on any atom is 0.416 e. The number of carbonyl (C=O) groups excluding carboxylic acids is 1. The lowest BCUT2D eigenvalue weighted by molar-refractivity contribution is -0.137. The summed E-state index contributed by atoms with van der Waals surface area (Å²) in [5, 5.41) is 2.69. The third-order valence-corrected chi connectivity index (χ3v) is 3.33. The van der Waals surface area contributed by atoms with Crippen molar-refractivity contribution < 1.29 is 22.7 Å². The van der Waals surface area contributed by atoms with Crippen molar-refractivity contribution in [2.45, 2.75) is 38.1 Å². The molecule has 2 rings (SSSR count). The predicted octanol–water partition coefficient (Wildman–Crippen LogP) is 3.00. The molecule has 0 unspecified atom stereocenters. The number of amides is 1. The van der Waals surface area contributed by atoms with Gasteiger partial charge in [0.15, 0.2) is 0 Å². The summed E-state index contributed by atoms with van der Waals surface area (Å²) in [7, 11) is 0. The molecular formula is C14H16F3NO2. The van der Waals surface area contributed by atoms with Gasteiger partial charge >= 0.3 is 6.18 Å². The number of ether oxygens (including phenoxy) is 1. The Hall–Kier alpha value is -1.56. The number of benzene rings is 1. The number of nitrogens with one attached hydrogen (secondary N) is 1. The summed E-state index contributed by atoms with van der Waals surface area (Å²) < 4.78 is 43.2. The lowest BCUT2D eigenvalue weighted by atomic mass is 10.1. The van der Waals surface area contributed by atoms with E-state index in [9.17, 15) is 18.0 Å². The summed E-state index contributed by atoms with van der Waals surface area (Å²) in [4.78, 5) is 12.0. The SMILES string of the molecule is C[C@H](NC(=O)c1cccc(C(F)(F)F)c1)[C@H]1CCCO1. The third-order valence-electron chi connectivity index (χ3n) is 3.33. The van der Waals surface area contributed by atoms with E-state index in [-0.39, 0.29) is 17.7 Å². The Labute approximate surface area is 115 Å². The number of rotatable bonds is 3. The summed E-state index contributed by atoms with van der Waals surface area (Å²) in [5.74, 6) is -0.515. The van der Waals surface area contributed by atoms with E-state index in [4.69, 9.17) is 4.74 Å². The molecule has 1 fully saturated rings. The number of hydrogen-bond acceptors (Lipinski definition) is 2. The van der Waals surface area contributed by atoms with Gasteiger partial charge in [0.1, 0.15) is 0 Å². The van der Waals surface area contributed by atoms with E-state index in [0.29, 0.717) is 6.61 Å². The van der Waals surface area contributed by atoms with Crippen LogP contribution in [0.5, 0.6) is 0 Å². The number of carbonyl (C=O) groups is 1. The molecule has 0 aromatic heterocycles. The summed E-state index contributed by atoms with van der Waals surface area (Å²) >= 11 is 0. The lowest BCUT2D eigenvalue weighted by Gasteiger charge is -2.20. The Kier molecular flexibility index (Phi) is 4.32. The summed E-state index contributed by atoms with van der Waals surface area (Å²) in [6, 6.07) is 4.18. The molecule has 0 saturated carbocycles. The fraction of sp³-hybridized carbons (Fsp3) is 0.500. The first-order chi connectivity index (χ1) is 9.38. The molecule has 2 atom stereocenters. The first-order valence-corrected chi connectivity index (χ1v) is 6.47. The first kappa shape index (κ1) is 14.8. The van der Waals surface area contributed by atoms with Gasteiger partial charge in [0.2, 0.25) is 0 Å². The van der Waals surface area contributed by atoms with Crippen molar-refractivity contribution in [2.75, 3.05) is 6.61 Å². The van der Waals surface area contributed by atoms with Gasteiger partial charge in [0, 0.05) is 12.2 Å². The monoisotopic (exact) mass is 287 g/mol. The number of halogens is 3. The molecule has 1 aromatic rings. The zero-order valence-electron chi connectivity index (χ0n) is 11.0. The van der Waals surface area contributed by atoms with Gasteiger partial charge in [-0.1, -0.05) is 6.07 Å². The second-order valence-corrected chi connectivity index (χ2v) is 4.89. The minimum Gasteiger partial charge on any atom is -0.376 e.